The second-order valence-corrected chi connectivity index (χ2v) is 7.22. The van der Waals surface area contributed by atoms with Crippen LogP contribution in [0.25, 0.3) is 0 Å². The van der Waals surface area contributed by atoms with Crippen LogP contribution in [-0.2, 0) is 9.59 Å². The van der Waals surface area contributed by atoms with E-state index >= 15 is 0 Å². The highest BCUT2D eigenvalue weighted by atomic mass is 16.4. The molecule has 3 N–H and O–H groups in total. The molecule has 0 aromatic rings. The van der Waals surface area contributed by atoms with Crippen LogP contribution in [0.5, 0.6) is 0 Å². The molecule has 0 aliphatic heterocycles. The quantitative estimate of drug-likeness (QED) is 0.348. The number of carboxylic acid groups (broad SMARTS) is 1. The van der Waals surface area contributed by atoms with Crippen LogP contribution in [0.3, 0.4) is 0 Å². The Morgan fingerprint density at radius 2 is 1.92 bits per heavy atom. The van der Waals surface area contributed by atoms with Gasteiger partial charge in [-0.15, -0.1) is 0 Å². The van der Waals surface area contributed by atoms with Crippen molar-refractivity contribution in [2.24, 2.45) is 11.8 Å². The van der Waals surface area contributed by atoms with Gasteiger partial charge in [-0.3, -0.25) is 9.59 Å². The van der Waals surface area contributed by atoms with Crippen molar-refractivity contribution in [3.8, 4) is 0 Å². The monoisotopic (exact) mass is 354 g/mol. The molecule has 0 radical (unpaired) electrons. The van der Waals surface area contributed by atoms with Gasteiger partial charge >= 0.3 is 5.97 Å². The molecule has 0 saturated heterocycles. The molecular formula is C20H34O5. The molecule has 4 atom stereocenters. The summed E-state index contributed by atoms with van der Waals surface area (Å²) in [4.78, 5) is 22.6. The van der Waals surface area contributed by atoms with Crippen LogP contribution >= 0.6 is 0 Å². The fraction of sp³-hybridized carbons (Fsp3) is 0.800. The van der Waals surface area contributed by atoms with E-state index in [1.54, 1.807) is 12.2 Å². The predicted octanol–water partition coefficient (Wildman–Crippen LogP) is 3.48. The van der Waals surface area contributed by atoms with Gasteiger partial charge in [0.15, 0.2) is 0 Å². The first-order valence-electron chi connectivity index (χ1n) is 9.74. The summed E-state index contributed by atoms with van der Waals surface area (Å²) in [5, 5.41) is 28.7. The fourth-order valence-electron chi connectivity index (χ4n) is 3.55. The number of unbranched alkanes of at least 4 members (excludes halogenated alkanes) is 5. The van der Waals surface area contributed by atoms with E-state index in [-0.39, 0.29) is 30.5 Å². The molecular weight excluding hydrogens is 320 g/mol. The lowest BCUT2D eigenvalue weighted by atomic mass is 9.88. The van der Waals surface area contributed by atoms with E-state index in [9.17, 15) is 19.8 Å². The highest BCUT2D eigenvalue weighted by Crippen LogP contribution is 2.34. The van der Waals surface area contributed by atoms with E-state index < -0.39 is 18.2 Å². The van der Waals surface area contributed by atoms with Gasteiger partial charge < -0.3 is 15.3 Å². The molecule has 5 heteroatoms. The van der Waals surface area contributed by atoms with Crippen LogP contribution in [-0.4, -0.2) is 39.3 Å². The third-order valence-electron chi connectivity index (χ3n) is 5.06. The SMILES string of the molecule is CCCCCC(O)/C=C/[C@H]1C(=O)CC(O)[C@@H]1CCCCCCC(=O)O. The van der Waals surface area contributed by atoms with Crippen molar-refractivity contribution in [2.75, 3.05) is 0 Å². The molecule has 1 saturated carbocycles. The van der Waals surface area contributed by atoms with E-state index in [2.05, 4.69) is 6.92 Å². The number of aliphatic hydroxyl groups excluding tert-OH is 2. The maximum absolute atomic E-state index is 12.1. The van der Waals surface area contributed by atoms with E-state index in [1.807, 2.05) is 0 Å². The molecule has 144 valence electrons. The van der Waals surface area contributed by atoms with Crippen LogP contribution < -0.4 is 0 Å². The minimum atomic E-state index is -0.764. The van der Waals surface area contributed by atoms with Crippen molar-refractivity contribution in [1.29, 1.82) is 0 Å². The van der Waals surface area contributed by atoms with Crippen LogP contribution in [0.1, 0.15) is 77.6 Å². The zero-order chi connectivity index (χ0) is 18.7. The fourth-order valence-corrected chi connectivity index (χ4v) is 3.55. The van der Waals surface area contributed by atoms with E-state index in [0.29, 0.717) is 12.8 Å². The molecule has 0 bridgehead atoms. The zero-order valence-corrected chi connectivity index (χ0v) is 15.4. The summed E-state index contributed by atoms with van der Waals surface area (Å²) in [7, 11) is 0. The van der Waals surface area contributed by atoms with E-state index in [0.717, 1.165) is 44.9 Å². The molecule has 0 aromatic heterocycles. The van der Waals surface area contributed by atoms with Crippen molar-refractivity contribution in [3.05, 3.63) is 12.2 Å². The van der Waals surface area contributed by atoms with Crippen LogP contribution in [0.15, 0.2) is 12.2 Å². The number of carbonyl (C=O) groups is 2. The average molecular weight is 354 g/mol. The molecule has 1 fully saturated rings. The Morgan fingerprint density at radius 1 is 1.20 bits per heavy atom. The third-order valence-corrected chi connectivity index (χ3v) is 5.06. The van der Waals surface area contributed by atoms with Gasteiger partial charge in [0.1, 0.15) is 5.78 Å². The summed E-state index contributed by atoms with van der Waals surface area (Å²) in [6.45, 7) is 2.12. The van der Waals surface area contributed by atoms with Gasteiger partial charge in [-0.2, -0.15) is 0 Å². The summed E-state index contributed by atoms with van der Waals surface area (Å²) in [6.07, 6.45) is 10.8. The molecule has 0 heterocycles. The molecule has 2 unspecified atom stereocenters. The van der Waals surface area contributed by atoms with Crippen molar-refractivity contribution < 1.29 is 24.9 Å². The van der Waals surface area contributed by atoms with Gasteiger partial charge in [0.2, 0.25) is 0 Å². The number of carbonyl (C=O) groups excluding carboxylic acids is 1. The van der Waals surface area contributed by atoms with Crippen LogP contribution in [0.2, 0.25) is 0 Å². The predicted molar refractivity (Wildman–Crippen MR) is 97.2 cm³/mol. The standard InChI is InChI=1S/C20H34O5/c1-2-3-6-9-15(21)12-13-17-16(18(22)14-19(17)23)10-7-4-5-8-11-20(24)25/h12-13,15-18,21-22H,2-11,14H2,1H3,(H,24,25)/b13-12+/t15?,16-,17-,18?/m1/s1. The summed E-state index contributed by atoms with van der Waals surface area (Å²) in [5.74, 6) is -1.08. The maximum Gasteiger partial charge on any atom is 0.303 e. The topological polar surface area (TPSA) is 94.8 Å². The molecule has 1 aliphatic carbocycles. The number of aliphatic hydroxyl groups is 2. The Balaban J connectivity index is 2.39. The maximum atomic E-state index is 12.1. The lowest BCUT2D eigenvalue weighted by Crippen LogP contribution is -2.19. The Kier molecular flexibility index (Phi) is 10.7. The first-order valence-corrected chi connectivity index (χ1v) is 9.74. The van der Waals surface area contributed by atoms with Crippen molar-refractivity contribution in [2.45, 2.75) is 89.8 Å². The van der Waals surface area contributed by atoms with Gasteiger partial charge in [0.25, 0.3) is 0 Å². The van der Waals surface area contributed by atoms with Crippen molar-refractivity contribution >= 4 is 11.8 Å². The molecule has 0 aromatic carbocycles. The van der Waals surface area contributed by atoms with Crippen LogP contribution in [0.4, 0.5) is 0 Å². The van der Waals surface area contributed by atoms with E-state index in [4.69, 9.17) is 5.11 Å². The third kappa shape index (κ3) is 8.63. The summed E-state index contributed by atoms with van der Waals surface area (Å²) < 4.78 is 0. The summed E-state index contributed by atoms with van der Waals surface area (Å²) >= 11 is 0. The number of Topliss-reactive ketones (excluding diaryl/α,β-unsaturated/α-hetero) is 1. The minimum absolute atomic E-state index is 0.0559. The van der Waals surface area contributed by atoms with Crippen LogP contribution in [0, 0.1) is 11.8 Å². The molecule has 0 spiro atoms. The van der Waals surface area contributed by atoms with Gasteiger partial charge in [0, 0.05) is 18.8 Å². The number of allylic oxidation sites excluding steroid dienone is 1. The second kappa shape index (κ2) is 12.2. The summed E-state index contributed by atoms with van der Waals surface area (Å²) in [5.41, 5.74) is 0. The number of carboxylic acids is 1. The van der Waals surface area contributed by atoms with Crippen molar-refractivity contribution in [1.82, 2.24) is 0 Å². The van der Waals surface area contributed by atoms with Gasteiger partial charge in [-0.05, 0) is 25.2 Å². The highest BCUT2D eigenvalue weighted by Gasteiger charge is 2.39. The Hall–Kier alpha value is -1.20. The first kappa shape index (κ1) is 21.8. The molecule has 5 nitrogen and oxygen atoms in total. The number of hydrogen-bond donors (Lipinski definition) is 3. The van der Waals surface area contributed by atoms with Gasteiger partial charge in [0.05, 0.1) is 12.2 Å². The Morgan fingerprint density at radius 3 is 2.60 bits per heavy atom. The highest BCUT2D eigenvalue weighted by molar-refractivity contribution is 5.85. The Labute approximate surface area is 151 Å². The number of hydrogen-bond acceptors (Lipinski definition) is 4. The second-order valence-electron chi connectivity index (χ2n) is 7.22. The molecule has 1 aliphatic rings. The van der Waals surface area contributed by atoms with E-state index in [1.165, 1.54) is 0 Å². The number of rotatable bonds is 13. The number of aliphatic carboxylic acids is 1. The lowest BCUT2D eigenvalue weighted by molar-refractivity contribution is -0.137. The number of ketones is 1. The zero-order valence-electron chi connectivity index (χ0n) is 15.4. The van der Waals surface area contributed by atoms with Gasteiger partial charge in [-0.1, -0.05) is 57.6 Å². The first-order chi connectivity index (χ1) is 12.0. The normalized spacial score (nSPS) is 24.9. The Bertz CT molecular complexity index is 432. The average Bonchev–Trinajstić information content (AvgIpc) is 2.82. The molecule has 0 amide bonds. The smallest absolute Gasteiger partial charge is 0.303 e. The van der Waals surface area contributed by atoms with Crippen molar-refractivity contribution in [3.63, 3.8) is 0 Å². The lowest BCUT2D eigenvalue weighted by Gasteiger charge is -2.18. The molecule has 25 heavy (non-hydrogen) atoms. The largest absolute Gasteiger partial charge is 0.481 e. The molecule has 1 rings (SSSR count). The summed E-state index contributed by atoms with van der Waals surface area (Å²) in [6, 6.07) is 0. The van der Waals surface area contributed by atoms with Gasteiger partial charge in [-0.25, -0.2) is 0 Å². The minimum Gasteiger partial charge on any atom is -0.481 e.